The summed E-state index contributed by atoms with van der Waals surface area (Å²) < 4.78 is 27.1. The molecule has 2 fully saturated rings. The van der Waals surface area contributed by atoms with Crippen LogP contribution in [-0.4, -0.2) is 54.8 Å². The molecule has 0 aliphatic carbocycles. The highest BCUT2D eigenvalue weighted by molar-refractivity contribution is 7.89. The van der Waals surface area contributed by atoms with Gasteiger partial charge in [-0.2, -0.15) is 4.31 Å². The number of rotatable bonds is 2. The van der Waals surface area contributed by atoms with Crippen LogP contribution in [-0.2, 0) is 10.0 Å². The highest BCUT2D eigenvalue weighted by Crippen LogP contribution is 2.31. The lowest BCUT2D eigenvalue weighted by molar-refractivity contribution is 0.246. The summed E-state index contributed by atoms with van der Waals surface area (Å²) in [4.78, 5) is 6.26. The molecular formula is C13H17Cl2N3O2S. The van der Waals surface area contributed by atoms with Crippen molar-refractivity contribution >= 4 is 33.2 Å². The second kappa shape index (κ2) is 5.66. The van der Waals surface area contributed by atoms with Gasteiger partial charge in [0.15, 0.2) is 0 Å². The van der Waals surface area contributed by atoms with Gasteiger partial charge < -0.3 is 0 Å². The maximum Gasteiger partial charge on any atom is 0.244 e. The maximum atomic E-state index is 12.8. The van der Waals surface area contributed by atoms with Crippen LogP contribution >= 0.6 is 23.2 Å². The van der Waals surface area contributed by atoms with Crippen molar-refractivity contribution in [2.45, 2.75) is 36.2 Å². The normalized spacial score (nSPS) is 27.8. The van der Waals surface area contributed by atoms with E-state index in [0.29, 0.717) is 25.2 Å². The Labute approximate surface area is 134 Å². The summed E-state index contributed by atoms with van der Waals surface area (Å²) in [6.07, 6.45) is 4.34. The monoisotopic (exact) mass is 349 g/mol. The molecule has 3 heterocycles. The zero-order valence-corrected chi connectivity index (χ0v) is 14.0. The summed E-state index contributed by atoms with van der Waals surface area (Å²) in [5.41, 5.74) is 0. The van der Waals surface area contributed by atoms with Gasteiger partial charge in [-0.3, -0.25) is 4.90 Å². The number of fused-ring (bicyclic) bond motifs is 2. The molecule has 2 unspecified atom stereocenters. The van der Waals surface area contributed by atoms with Crippen molar-refractivity contribution in [2.75, 3.05) is 20.1 Å². The highest BCUT2D eigenvalue weighted by atomic mass is 35.5. The predicted molar refractivity (Wildman–Crippen MR) is 82.2 cm³/mol. The van der Waals surface area contributed by atoms with E-state index in [-0.39, 0.29) is 15.1 Å². The molecule has 0 amide bonds. The third kappa shape index (κ3) is 2.80. The molecule has 1 aromatic rings. The molecule has 2 saturated heterocycles. The summed E-state index contributed by atoms with van der Waals surface area (Å²) in [5.74, 6) is 0. The van der Waals surface area contributed by atoms with Crippen molar-refractivity contribution in [3.63, 3.8) is 0 Å². The first-order chi connectivity index (χ1) is 9.89. The van der Waals surface area contributed by atoms with Crippen LogP contribution in [0.2, 0.25) is 10.2 Å². The average molecular weight is 350 g/mol. The van der Waals surface area contributed by atoms with Gasteiger partial charge in [0, 0.05) is 31.4 Å². The van der Waals surface area contributed by atoms with Crippen LogP contribution in [0.25, 0.3) is 0 Å². The van der Waals surface area contributed by atoms with E-state index in [1.807, 2.05) is 0 Å². The molecule has 0 spiro atoms. The van der Waals surface area contributed by atoms with Crippen LogP contribution < -0.4 is 0 Å². The number of pyridine rings is 1. The Hall–Kier alpha value is -0.400. The molecule has 8 heteroatoms. The number of hydrogen-bond donors (Lipinski definition) is 0. The highest BCUT2D eigenvalue weighted by Gasteiger charge is 2.38. The molecule has 0 saturated carbocycles. The van der Waals surface area contributed by atoms with Crippen molar-refractivity contribution in [3.8, 4) is 0 Å². The maximum absolute atomic E-state index is 12.8. The van der Waals surface area contributed by atoms with Crippen molar-refractivity contribution in [2.24, 2.45) is 0 Å². The fraction of sp³-hybridized carbons (Fsp3) is 0.615. The Morgan fingerprint density at radius 1 is 1.24 bits per heavy atom. The molecule has 0 N–H and O–H groups in total. The number of hydrogen-bond acceptors (Lipinski definition) is 4. The van der Waals surface area contributed by atoms with Crippen LogP contribution in [0, 0.1) is 0 Å². The van der Waals surface area contributed by atoms with E-state index in [0.717, 1.165) is 19.3 Å². The predicted octanol–water partition coefficient (Wildman–Crippen LogP) is 2.25. The average Bonchev–Trinajstić information content (AvgIpc) is 2.65. The molecule has 1 aromatic heterocycles. The minimum Gasteiger partial charge on any atom is -0.299 e. The van der Waals surface area contributed by atoms with E-state index in [9.17, 15) is 8.42 Å². The Bertz CT molecular complexity index is 653. The van der Waals surface area contributed by atoms with E-state index in [2.05, 4.69) is 16.9 Å². The summed E-state index contributed by atoms with van der Waals surface area (Å²) in [6, 6.07) is 2.16. The molecule has 116 valence electrons. The molecule has 0 aromatic carbocycles. The largest absolute Gasteiger partial charge is 0.299 e. The summed E-state index contributed by atoms with van der Waals surface area (Å²) >= 11 is 11.6. The SMILES string of the molecule is CN1C2CCC1CN(S(=O)(=O)c1cnc(Cl)c(Cl)c1)CC2. The molecule has 2 bridgehead atoms. The Balaban J connectivity index is 1.89. The van der Waals surface area contributed by atoms with Gasteiger partial charge in [0.2, 0.25) is 10.0 Å². The topological polar surface area (TPSA) is 53.5 Å². The Kier molecular flexibility index (Phi) is 4.18. The van der Waals surface area contributed by atoms with Crippen LogP contribution in [0.5, 0.6) is 0 Å². The second-order valence-corrected chi connectivity index (χ2v) is 8.35. The number of likely N-dealkylation sites (N-methyl/N-ethyl adjacent to an activating group) is 1. The third-order valence-electron chi connectivity index (χ3n) is 4.52. The van der Waals surface area contributed by atoms with Gasteiger partial charge in [0.1, 0.15) is 10.0 Å². The van der Waals surface area contributed by atoms with E-state index >= 15 is 0 Å². The number of aromatic nitrogens is 1. The number of sulfonamides is 1. The molecular weight excluding hydrogens is 333 g/mol. The molecule has 21 heavy (non-hydrogen) atoms. The lowest BCUT2D eigenvalue weighted by Gasteiger charge is -2.25. The Morgan fingerprint density at radius 3 is 2.67 bits per heavy atom. The lowest BCUT2D eigenvalue weighted by atomic mass is 10.1. The van der Waals surface area contributed by atoms with E-state index in [1.54, 1.807) is 4.31 Å². The van der Waals surface area contributed by atoms with Crippen LogP contribution in [0.15, 0.2) is 17.2 Å². The zero-order chi connectivity index (χ0) is 15.2. The summed E-state index contributed by atoms with van der Waals surface area (Å²) in [5, 5.41) is 0.275. The van der Waals surface area contributed by atoms with Gasteiger partial charge in [-0.25, -0.2) is 13.4 Å². The minimum atomic E-state index is -3.57. The molecule has 3 rings (SSSR count). The van der Waals surface area contributed by atoms with Crippen LogP contribution in [0.4, 0.5) is 0 Å². The smallest absolute Gasteiger partial charge is 0.244 e. The molecule has 5 nitrogen and oxygen atoms in total. The van der Waals surface area contributed by atoms with Crippen molar-refractivity contribution in [1.29, 1.82) is 0 Å². The molecule has 2 aliphatic heterocycles. The Morgan fingerprint density at radius 2 is 1.95 bits per heavy atom. The van der Waals surface area contributed by atoms with E-state index in [1.165, 1.54) is 12.3 Å². The van der Waals surface area contributed by atoms with Crippen LogP contribution in [0.3, 0.4) is 0 Å². The quantitative estimate of drug-likeness (QED) is 0.768. The van der Waals surface area contributed by atoms with Crippen molar-refractivity contribution in [3.05, 3.63) is 22.4 Å². The van der Waals surface area contributed by atoms with Gasteiger partial charge in [-0.15, -0.1) is 0 Å². The molecule has 2 atom stereocenters. The van der Waals surface area contributed by atoms with Crippen LogP contribution in [0.1, 0.15) is 19.3 Å². The third-order valence-corrected chi connectivity index (χ3v) is 7.04. The van der Waals surface area contributed by atoms with Gasteiger partial charge in [-0.05, 0) is 32.4 Å². The number of halogens is 2. The molecule has 0 radical (unpaired) electrons. The van der Waals surface area contributed by atoms with E-state index in [4.69, 9.17) is 23.2 Å². The van der Waals surface area contributed by atoms with Gasteiger partial charge in [0.05, 0.1) is 5.02 Å². The summed E-state index contributed by atoms with van der Waals surface area (Å²) in [7, 11) is -1.49. The van der Waals surface area contributed by atoms with Gasteiger partial charge >= 0.3 is 0 Å². The van der Waals surface area contributed by atoms with Gasteiger partial charge in [-0.1, -0.05) is 23.2 Å². The van der Waals surface area contributed by atoms with E-state index < -0.39 is 10.0 Å². The first-order valence-corrected chi connectivity index (χ1v) is 9.12. The second-order valence-electron chi connectivity index (χ2n) is 5.65. The fourth-order valence-electron chi connectivity index (χ4n) is 3.19. The lowest BCUT2D eigenvalue weighted by Crippen LogP contribution is -2.39. The first-order valence-electron chi connectivity index (χ1n) is 6.92. The standard InChI is InChI=1S/C13H17Cl2N3O2S/c1-17-9-2-3-10(17)8-18(5-4-9)21(19,20)11-6-12(14)13(15)16-7-11/h6-7,9-10H,2-5,8H2,1H3. The van der Waals surface area contributed by atoms with Crippen molar-refractivity contribution in [1.82, 2.24) is 14.2 Å². The number of nitrogens with zero attached hydrogens (tertiary/aromatic N) is 3. The zero-order valence-electron chi connectivity index (χ0n) is 11.7. The summed E-state index contributed by atoms with van der Waals surface area (Å²) in [6.45, 7) is 1.06. The molecule has 2 aliphatic rings. The first kappa shape index (κ1) is 15.5. The minimum absolute atomic E-state index is 0.109. The fourth-order valence-corrected chi connectivity index (χ4v) is 4.99. The van der Waals surface area contributed by atoms with Crippen molar-refractivity contribution < 1.29 is 8.42 Å². The van der Waals surface area contributed by atoms with Gasteiger partial charge in [0.25, 0.3) is 0 Å².